The first kappa shape index (κ1) is 51.7. The maximum absolute atomic E-state index is 12.7. The van der Waals surface area contributed by atoms with Gasteiger partial charge >= 0.3 is 48.5 Å². The number of hydrogen-bond donors (Lipinski definition) is 0. The third-order valence-corrected chi connectivity index (χ3v) is 8.96. The molecule has 0 saturated carbocycles. The number of rotatable bonds is 19. The number of benzene rings is 4. The first-order valence-electron chi connectivity index (χ1n) is 19.6. The molecule has 0 aliphatic rings. The van der Waals surface area contributed by atoms with Gasteiger partial charge in [0.1, 0.15) is 45.3 Å². The minimum absolute atomic E-state index is 0.0860. The molecule has 0 spiro atoms. The summed E-state index contributed by atoms with van der Waals surface area (Å²) in [5, 5.41) is 0. The van der Waals surface area contributed by atoms with Crippen molar-refractivity contribution in [2.45, 2.75) is 12.8 Å². The molecular formula is C44H42O24. The maximum atomic E-state index is 12.7. The van der Waals surface area contributed by atoms with Crippen LogP contribution in [0.4, 0.5) is 19.2 Å². The van der Waals surface area contributed by atoms with Gasteiger partial charge in [-0.05, 0) is 61.4 Å². The summed E-state index contributed by atoms with van der Waals surface area (Å²) in [6.45, 7) is -2.51. The SMILES string of the molecule is COc1ccccc1C(=O)OOC(=O)OCCC(COC(=O)OOC(=O)c1ccccc1OC)C(CCOC(=O)OOC(=O)c1ccccc1OC)COC(=O)OOC(=O)c1ccccc1OC. The van der Waals surface area contributed by atoms with Crippen LogP contribution in [0.25, 0.3) is 0 Å². The van der Waals surface area contributed by atoms with Crippen LogP contribution in [0, 0.1) is 11.8 Å². The maximum Gasteiger partial charge on any atom is 0.549 e. The summed E-state index contributed by atoms with van der Waals surface area (Å²) in [4.78, 5) is 137. The number of para-hydroxylation sites is 4. The third kappa shape index (κ3) is 16.2. The highest BCUT2D eigenvalue weighted by Gasteiger charge is 2.29. The van der Waals surface area contributed by atoms with Crippen LogP contribution in [0.1, 0.15) is 54.3 Å². The van der Waals surface area contributed by atoms with E-state index in [0.717, 1.165) is 0 Å². The second-order valence-electron chi connectivity index (χ2n) is 13.0. The summed E-state index contributed by atoms with van der Waals surface area (Å²) in [5.41, 5.74) is -0.387. The third-order valence-electron chi connectivity index (χ3n) is 8.96. The number of carbonyl (C=O) groups is 8. The van der Waals surface area contributed by atoms with E-state index in [1.165, 1.54) is 101 Å². The van der Waals surface area contributed by atoms with E-state index >= 15 is 0 Å². The molecule has 2 unspecified atom stereocenters. The van der Waals surface area contributed by atoms with Crippen LogP contribution in [0.15, 0.2) is 97.1 Å². The number of methoxy groups -OCH3 is 4. The van der Waals surface area contributed by atoms with Gasteiger partial charge in [-0.3, -0.25) is 0 Å². The molecule has 0 aliphatic heterocycles. The molecule has 0 aromatic heterocycles. The molecule has 0 heterocycles. The first-order valence-corrected chi connectivity index (χ1v) is 19.6. The molecule has 0 N–H and O–H groups in total. The van der Waals surface area contributed by atoms with Crippen molar-refractivity contribution in [3.8, 4) is 23.0 Å². The van der Waals surface area contributed by atoms with E-state index in [9.17, 15) is 38.4 Å². The minimum Gasteiger partial charge on any atom is -0.496 e. The fourth-order valence-corrected chi connectivity index (χ4v) is 5.66. The van der Waals surface area contributed by atoms with Crippen LogP contribution >= 0.6 is 0 Å². The van der Waals surface area contributed by atoms with Crippen LogP contribution < -0.4 is 18.9 Å². The van der Waals surface area contributed by atoms with E-state index in [1.54, 1.807) is 24.3 Å². The highest BCUT2D eigenvalue weighted by atomic mass is 17.3. The van der Waals surface area contributed by atoms with Crippen molar-refractivity contribution in [2.24, 2.45) is 11.8 Å². The lowest BCUT2D eigenvalue weighted by atomic mass is 9.88. The fraction of sp³-hybridized carbons (Fsp3) is 0.273. The fourth-order valence-electron chi connectivity index (χ4n) is 5.66. The zero-order valence-corrected chi connectivity index (χ0v) is 36.4. The smallest absolute Gasteiger partial charge is 0.496 e. The van der Waals surface area contributed by atoms with E-state index in [2.05, 4.69) is 39.1 Å². The summed E-state index contributed by atoms with van der Waals surface area (Å²) in [6.07, 6.45) is -6.70. The van der Waals surface area contributed by atoms with Gasteiger partial charge in [0, 0.05) is 11.8 Å². The van der Waals surface area contributed by atoms with Gasteiger partial charge < -0.3 is 37.9 Å². The molecule has 68 heavy (non-hydrogen) atoms. The van der Waals surface area contributed by atoms with Crippen molar-refractivity contribution in [2.75, 3.05) is 54.9 Å². The summed E-state index contributed by atoms with van der Waals surface area (Å²) in [5.74, 6) is -6.23. The summed E-state index contributed by atoms with van der Waals surface area (Å²) in [6, 6.07) is 23.4. The summed E-state index contributed by atoms with van der Waals surface area (Å²) >= 11 is 0. The van der Waals surface area contributed by atoms with Crippen LogP contribution in [-0.2, 0) is 58.0 Å². The van der Waals surface area contributed by atoms with E-state index in [4.69, 9.17) is 37.9 Å². The molecule has 0 aliphatic carbocycles. The van der Waals surface area contributed by atoms with E-state index < -0.39 is 86.8 Å². The monoisotopic (exact) mass is 954 g/mol. The molecule has 24 heteroatoms. The average molecular weight is 955 g/mol. The van der Waals surface area contributed by atoms with Crippen molar-refractivity contribution in [3.63, 3.8) is 0 Å². The second-order valence-corrected chi connectivity index (χ2v) is 13.0. The molecule has 0 fully saturated rings. The largest absolute Gasteiger partial charge is 0.549 e. The topological polar surface area (TPSA) is 284 Å². The van der Waals surface area contributed by atoms with Crippen LogP contribution in [-0.4, -0.2) is 103 Å². The lowest BCUT2D eigenvalue weighted by molar-refractivity contribution is -0.208. The van der Waals surface area contributed by atoms with Gasteiger partial charge in [-0.2, -0.15) is 19.2 Å². The number of carbonyl (C=O) groups excluding carboxylic acids is 8. The molecule has 4 aromatic rings. The highest BCUT2D eigenvalue weighted by Crippen LogP contribution is 2.25. The van der Waals surface area contributed by atoms with Gasteiger partial charge in [-0.25, -0.2) is 58.3 Å². The molecule has 24 nitrogen and oxygen atoms in total. The van der Waals surface area contributed by atoms with Crippen molar-refractivity contribution >= 4 is 48.5 Å². The minimum atomic E-state index is -1.55. The lowest BCUT2D eigenvalue weighted by Crippen LogP contribution is -2.30. The number of hydrogen-bond acceptors (Lipinski definition) is 24. The average Bonchev–Trinajstić information content (AvgIpc) is 3.37. The molecule has 4 aromatic carbocycles. The predicted molar refractivity (Wildman–Crippen MR) is 220 cm³/mol. The van der Waals surface area contributed by atoms with Gasteiger partial charge in [0.2, 0.25) is 0 Å². The molecule has 0 radical (unpaired) electrons. The Balaban J connectivity index is 1.46. The lowest BCUT2D eigenvalue weighted by Gasteiger charge is -2.25. The zero-order valence-electron chi connectivity index (χ0n) is 36.4. The Morgan fingerprint density at radius 2 is 0.574 bits per heavy atom. The van der Waals surface area contributed by atoms with E-state index in [1.807, 2.05) is 0 Å². The van der Waals surface area contributed by atoms with Crippen LogP contribution in [0.5, 0.6) is 23.0 Å². The summed E-state index contributed by atoms with van der Waals surface area (Å²) in [7, 11) is 5.18. The normalized spacial score (nSPS) is 11.1. The molecular weight excluding hydrogens is 912 g/mol. The van der Waals surface area contributed by atoms with Crippen molar-refractivity contribution in [1.82, 2.24) is 0 Å². The van der Waals surface area contributed by atoms with E-state index in [-0.39, 0.29) is 58.1 Å². The Labute approximate surface area is 385 Å². The summed E-state index contributed by atoms with van der Waals surface area (Å²) < 4.78 is 40.8. The molecule has 0 bridgehead atoms. The molecule has 2 atom stereocenters. The molecule has 0 amide bonds. The molecule has 362 valence electrons. The zero-order chi connectivity index (χ0) is 49.3. The first-order chi connectivity index (χ1) is 32.9. The van der Waals surface area contributed by atoms with Gasteiger partial charge in [-0.1, -0.05) is 48.5 Å². The Morgan fingerprint density at radius 1 is 0.338 bits per heavy atom. The van der Waals surface area contributed by atoms with Crippen LogP contribution in [0.2, 0.25) is 0 Å². The Kier molecular flexibility index (Phi) is 20.8. The van der Waals surface area contributed by atoms with Gasteiger partial charge in [0.15, 0.2) is 0 Å². The number of ether oxygens (including phenoxy) is 8. The Bertz CT molecular complexity index is 2200. The van der Waals surface area contributed by atoms with Gasteiger partial charge in [-0.15, -0.1) is 0 Å². The van der Waals surface area contributed by atoms with Crippen molar-refractivity contribution in [3.05, 3.63) is 119 Å². The van der Waals surface area contributed by atoms with Gasteiger partial charge in [0.05, 0.1) is 54.9 Å². The van der Waals surface area contributed by atoms with Crippen molar-refractivity contribution in [1.29, 1.82) is 0 Å². The standard InChI is InChI=1S/C44H42O24/c1-53-33-17-9-5-13-29(33)37(45)61-65-41(49)57-23-21-27(25-59-43(51)67-63-39(47)31-15-7-11-19-35(31)55-3)28(26-60-44(52)68-64-40(48)32-16-8-12-20-36(32)56-4)22-24-58-42(50)66-62-38(46)30-14-6-10-18-34(30)54-2/h5-20,27-28H,21-26H2,1-4H3. The van der Waals surface area contributed by atoms with Crippen molar-refractivity contribution < 1.29 is 115 Å². The second kappa shape index (κ2) is 27.4. The quantitative estimate of drug-likeness (QED) is 0.0407. The molecule has 0 saturated heterocycles. The Morgan fingerprint density at radius 3 is 0.824 bits per heavy atom. The predicted octanol–water partition coefficient (Wildman–Crippen LogP) is 6.73. The van der Waals surface area contributed by atoms with Gasteiger partial charge in [0.25, 0.3) is 0 Å². The van der Waals surface area contributed by atoms with E-state index in [0.29, 0.717) is 0 Å². The molecule has 4 rings (SSSR count). The Hall–Kier alpha value is -8.96. The van der Waals surface area contributed by atoms with Crippen LogP contribution in [0.3, 0.4) is 0 Å². The highest BCUT2D eigenvalue weighted by molar-refractivity contribution is 5.94.